The van der Waals surface area contributed by atoms with E-state index >= 15 is 0 Å². The fourth-order valence-electron chi connectivity index (χ4n) is 2.36. The van der Waals surface area contributed by atoms with E-state index in [1.54, 1.807) is 42.5 Å². The minimum atomic E-state index is -0.654. The van der Waals surface area contributed by atoms with Crippen molar-refractivity contribution in [2.45, 2.75) is 26.2 Å². The normalized spacial score (nSPS) is 11.5. The maximum absolute atomic E-state index is 12.1. The number of amides is 1. The molecule has 26 heavy (non-hydrogen) atoms. The van der Waals surface area contributed by atoms with Crippen molar-refractivity contribution in [2.24, 2.45) is 0 Å². The molecule has 1 atom stereocenters. The summed E-state index contributed by atoms with van der Waals surface area (Å²) >= 11 is 0. The largest absolute Gasteiger partial charge is 0.456 e. The van der Waals surface area contributed by atoms with Gasteiger partial charge in [-0.15, -0.1) is 0 Å². The smallest absolute Gasteiger partial charge is 0.325 e. The van der Waals surface area contributed by atoms with Gasteiger partial charge in [0, 0.05) is 11.1 Å². The highest BCUT2D eigenvalue weighted by Gasteiger charge is 2.12. The zero-order chi connectivity index (χ0) is 18.9. The van der Waals surface area contributed by atoms with Crippen molar-refractivity contribution in [2.75, 3.05) is 13.2 Å². The van der Waals surface area contributed by atoms with E-state index in [9.17, 15) is 14.4 Å². The van der Waals surface area contributed by atoms with Gasteiger partial charge >= 0.3 is 5.97 Å². The van der Waals surface area contributed by atoms with Crippen LogP contribution in [0.2, 0.25) is 0 Å². The molecule has 0 aromatic heterocycles. The van der Waals surface area contributed by atoms with Gasteiger partial charge in [-0.25, -0.2) is 0 Å². The Kier molecular flexibility index (Phi) is 7.09. The van der Waals surface area contributed by atoms with Crippen LogP contribution in [0.4, 0.5) is 0 Å². The minimum absolute atomic E-state index is 0.275. The summed E-state index contributed by atoms with van der Waals surface area (Å²) in [6.07, 6.45) is 1.03. The van der Waals surface area contributed by atoms with Crippen LogP contribution in [-0.2, 0) is 9.53 Å². The summed E-state index contributed by atoms with van der Waals surface area (Å²) in [5.74, 6) is -0.859. The van der Waals surface area contributed by atoms with Gasteiger partial charge in [-0.05, 0) is 30.0 Å². The molecule has 0 spiro atoms. The molecule has 0 saturated carbocycles. The van der Waals surface area contributed by atoms with Crippen molar-refractivity contribution >= 4 is 17.7 Å². The number of rotatable bonds is 8. The summed E-state index contributed by atoms with van der Waals surface area (Å²) in [5, 5.41) is 2.46. The van der Waals surface area contributed by atoms with Crippen molar-refractivity contribution in [1.29, 1.82) is 0 Å². The number of Topliss-reactive ketones (excluding diaryl/α,β-unsaturated/α-hetero) is 1. The standard InChI is InChI=1S/C21H23NO4/c1-3-15(2)16-9-11-17(12-10-16)19(23)14-26-20(24)13-22-21(25)18-7-5-4-6-8-18/h4-12,15H,3,13-14H2,1-2H3,(H,22,25)/t15-/m0/s1. The molecule has 0 saturated heterocycles. The maximum atomic E-state index is 12.1. The van der Waals surface area contributed by atoms with Crippen LogP contribution in [0.1, 0.15) is 52.5 Å². The molecule has 0 fully saturated rings. The summed E-state index contributed by atoms with van der Waals surface area (Å²) in [7, 11) is 0. The minimum Gasteiger partial charge on any atom is -0.456 e. The first-order chi connectivity index (χ1) is 12.5. The summed E-state index contributed by atoms with van der Waals surface area (Å²) in [5.41, 5.74) is 2.13. The molecule has 2 aromatic carbocycles. The third kappa shape index (κ3) is 5.55. The highest BCUT2D eigenvalue weighted by atomic mass is 16.5. The number of carbonyl (C=O) groups is 3. The molecule has 0 unspecified atom stereocenters. The summed E-state index contributed by atoms with van der Waals surface area (Å²) in [6, 6.07) is 15.9. The Balaban J connectivity index is 1.78. The topological polar surface area (TPSA) is 72.5 Å². The maximum Gasteiger partial charge on any atom is 0.325 e. The summed E-state index contributed by atoms with van der Waals surface area (Å²) < 4.78 is 4.94. The number of nitrogens with one attached hydrogen (secondary N) is 1. The zero-order valence-corrected chi connectivity index (χ0v) is 15.0. The highest BCUT2D eigenvalue weighted by molar-refractivity contribution is 5.98. The average molecular weight is 353 g/mol. The van der Waals surface area contributed by atoms with Gasteiger partial charge in [0.15, 0.2) is 12.4 Å². The Morgan fingerprint density at radius 2 is 1.62 bits per heavy atom. The van der Waals surface area contributed by atoms with Crippen LogP contribution in [0.3, 0.4) is 0 Å². The van der Waals surface area contributed by atoms with Gasteiger partial charge < -0.3 is 10.1 Å². The third-order valence-corrected chi connectivity index (χ3v) is 4.21. The van der Waals surface area contributed by atoms with Crippen LogP contribution >= 0.6 is 0 Å². The lowest BCUT2D eigenvalue weighted by atomic mass is 9.97. The fourth-order valence-corrected chi connectivity index (χ4v) is 2.36. The molecule has 0 aliphatic heterocycles. The molecule has 0 heterocycles. The lowest BCUT2D eigenvalue weighted by Crippen LogP contribution is -2.31. The van der Waals surface area contributed by atoms with Crippen molar-refractivity contribution in [3.05, 3.63) is 71.3 Å². The third-order valence-electron chi connectivity index (χ3n) is 4.21. The predicted octanol–water partition coefficient (Wildman–Crippen LogP) is 3.36. The lowest BCUT2D eigenvalue weighted by molar-refractivity contribution is -0.141. The van der Waals surface area contributed by atoms with Crippen molar-refractivity contribution < 1.29 is 19.1 Å². The Morgan fingerprint density at radius 3 is 2.23 bits per heavy atom. The average Bonchev–Trinajstić information content (AvgIpc) is 2.70. The first-order valence-corrected chi connectivity index (χ1v) is 8.63. The van der Waals surface area contributed by atoms with Crippen LogP contribution in [0.5, 0.6) is 0 Å². The van der Waals surface area contributed by atoms with E-state index in [4.69, 9.17) is 4.74 Å². The molecule has 5 heteroatoms. The molecular formula is C21H23NO4. The van der Waals surface area contributed by atoms with Crippen molar-refractivity contribution in [3.8, 4) is 0 Å². The van der Waals surface area contributed by atoms with Gasteiger partial charge in [0.2, 0.25) is 0 Å². The number of hydrogen-bond acceptors (Lipinski definition) is 4. The lowest BCUT2D eigenvalue weighted by Gasteiger charge is -2.10. The van der Waals surface area contributed by atoms with E-state index in [0.717, 1.165) is 6.42 Å². The van der Waals surface area contributed by atoms with Gasteiger partial charge in [0.25, 0.3) is 5.91 Å². The van der Waals surface area contributed by atoms with E-state index in [2.05, 4.69) is 19.2 Å². The van der Waals surface area contributed by atoms with E-state index in [1.165, 1.54) is 5.56 Å². The quantitative estimate of drug-likeness (QED) is 0.583. The second-order valence-corrected chi connectivity index (χ2v) is 6.06. The first-order valence-electron chi connectivity index (χ1n) is 8.63. The molecule has 0 aliphatic rings. The highest BCUT2D eigenvalue weighted by Crippen LogP contribution is 2.18. The van der Waals surface area contributed by atoms with Gasteiger partial charge in [-0.1, -0.05) is 56.3 Å². The molecule has 1 amide bonds. The molecule has 2 rings (SSSR count). The molecule has 136 valence electrons. The zero-order valence-electron chi connectivity index (χ0n) is 15.0. The van der Waals surface area contributed by atoms with Gasteiger partial charge in [-0.3, -0.25) is 14.4 Å². The summed E-state index contributed by atoms with van der Waals surface area (Å²) in [4.78, 5) is 35.6. The van der Waals surface area contributed by atoms with Crippen LogP contribution in [0.15, 0.2) is 54.6 Å². The molecule has 2 aromatic rings. The number of carbonyl (C=O) groups excluding carboxylic acids is 3. The van der Waals surface area contributed by atoms with Gasteiger partial charge in [0.1, 0.15) is 6.54 Å². The second kappa shape index (κ2) is 9.51. The predicted molar refractivity (Wildman–Crippen MR) is 99.2 cm³/mol. The molecule has 1 N–H and O–H groups in total. The van der Waals surface area contributed by atoms with Crippen molar-refractivity contribution in [1.82, 2.24) is 5.32 Å². The Hall–Kier alpha value is -2.95. The molecule has 0 bridgehead atoms. The Labute approximate surface area is 153 Å². The van der Waals surface area contributed by atoms with Crippen LogP contribution < -0.4 is 5.32 Å². The number of hydrogen-bond donors (Lipinski definition) is 1. The Bertz CT molecular complexity index is 753. The summed E-state index contributed by atoms with van der Waals surface area (Å²) in [6.45, 7) is 3.61. The van der Waals surface area contributed by atoms with Crippen LogP contribution in [-0.4, -0.2) is 30.8 Å². The second-order valence-electron chi connectivity index (χ2n) is 6.06. The first kappa shape index (κ1) is 19.4. The Morgan fingerprint density at radius 1 is 0.962 bits per heavy atom. The van der Waals surface area contributed by atoms with E-state index in [-0.39, 0.29) is 24.8 Å². The van der Waals surface area contributed by atoms with Crippen LogP contribution in [0.25, 0.3) is 0 Å². The number of ketones is 1. The number of esters is 1. The van der Waals surface area contributed by atoms with Gasteiger partial charge in [0.05, 0.1) is 0 Å². The molecular weight excluding hydrogens is 330 g/mol. The number of benzene rings is 2. The number of ether oxygens (including phenoxy) is 1. The molecule has 0 aliphatic carbocycles. The van der Waals surface area contributed by atoms with Crippen LogP contribution in [0, 0.1) is 0 Å². The molecule has 5 nitrogen and oxygen atoms in total. The van der Waals surface area contributed by atoms with E-state index in [1.807, 2.05) is 12.1 Å². The van der Waals surface area contributed by atoms with E-state index < -0.39 is 5.97 Å². The SMILES string of the molecule is CC[C@H](C)c1ccc(C(=O)COC(=O)CNC(=O)c2ccccc2)cc1. The van der Waals surface area contributed by atoms with E-state index in [0.29, 0.717) is 17.0 Å². The fraction of sp³-hybridized carbons (Fsp3) is 0.286. The molecule has 0 radical (unpaired) electrons. The monoisotopic (exact) mass is 353 g/mol. The van der Waals surface area contributed by atoms with Gasteiger partial charge in [-0.2, -0.15) is 0 Å². The van der Waals surface area contributed by atoms with Crippen molar-refractivity contribution in [3.63, 3.8) is 0 Å².